The molecule has 0 fully saturated rings. The highest BCUT2D eigenvalue weighted by atomic mass is 32.2. The van der Waals surface area contributed by atoms with Crippen LogP contribution in [0.25, 0.3) is 0 Å². The third-order valence-electron chi connectivity index (χ3n) is 4.99. The van der Waals surface area contributed by atoms with Gasteiger partial charge in [-0.1, -0.05) is 12.2 Å². The average Bonchev–Trinajstić information content (AvgIpc) is 2.79. The van der Waals surface area contributed by atoms with Crippen molar-refractivity contribution in [3.63, 3.8) is 0 Å². The van der Waals surface area contributed by atoms with Crippen molar-refractivity contribution in [2.24, 2.45) is 11.8 Å². The van der Waals surface area contributed by atoms with Crippen LogP contribution in [0, 0.1) is 11.8 Å². The number of carboxylic acid groups (broad SMARTS) is 2. The second-order valence-corrected chi connectivity index (χ2v) is 8.28. The Hall–Kier alpha value is -3.59. The van der Waals surface area contributed by atoms with Crippen LogP contribution in [-0.4, -0.2) is 39.7 Å². The molecular weight excluding hydrogens is 432 g/mol. The van der Waals surface area contributed by atoms with E-state index in [1.807, 2.05) is 6.08 Å². The summed E-state index contributed by atoms with van der Waals surface area (Å²) in [7, 11) is 0. The van der Waals surface area contributed by atoms with Crippen LogP contribution in [0.4, 0.5) is 11.4 Å². The molecule has 166 valence electrons. The second kappa shape index (κ2) is 10.6. The number of allylic oxidation sites excluding steroid dienone is 2. The zero-order chi connectivity index (χ0) is 23.1. The lowest BCUT2D eigenvalue weighted by atomic mass is 9.82. The smallest absolute Gasteiger partial charge is 0.335 e. The van der Waals surface area contributed by atoms with Crippen molar-refractivity contribution in [1.29, 1.82) is 0 Å². The summed E-state index contributed by atoms with van der Waals surface area (Å²) in [5.41, 5.74) is 1.21. The molecule has 0 radical (unpaired) electrons. The number of carbonyl (C=O) groups excluding carboxylic acids is 2. The molecule has 2 atom stereocenters. The van der Waals surface area contributed by atoms with Crippen molar-refractivity contribution in [3.05, 3.63) is 66.2 Å². The topological polar surface area (TPSA) is 133 Å². The molecular formula is C23H22N2O6S. The molecule has 0 spiro atoms. The quantitative estimate of drug-likeness (QED) is 0.353. The number of amides is 2. The van der Waals surface area contributed by atoms with Crippen molar-refractivity contribution in [3.8, 4) is 0 Å². The summed E-state index contributed by atoms with van der Waals surface area (Å²) in [6.07, 6.45) is 4.35. The first-order valence-corrected chi connectivity index (χ1v) is 10.9. The van der Waals surface area contributed by atoms with Gasteiger partial charge in [0.1, 0.15) is 0 Å². The van der Waals surface area contributed by atoms with E-state index >= 15 is 0 Å². The monoisotopic (exact) mass is 454 g/mol. The van der Waals surface area contributed by atoms with Gasteiger partial charge in [-0.15, -0.1) is 11.8 Å². The van der Waals surface area contributed by atoms with Gasteiger partial charge in [-0.3, -0.25) is 14.4 Å². The Morgan fingerprint density at radius 3 is 1.97 bits per heavy atom. The van der Waals surface area contributed by atoms with E-state index in [1.165, 1.54) is 36.0 Å². The van der Waals surface area contributed by atoms with Crippen LogP contribution in [0.15, 0.2) is 65.6 Å². The van der Waals surface area contributed by atoms with Gasteiger partial charge in [0.15, 0.2) is 0 Å². The highest BCUT2D eigenvalue weighted by Gasteiger charge is 2.33. The molecule has 32 heavy (non-hydrogen) atoms. The summed E-state index contributed by atoms with van der Waals surface area (Å²) in [5, 5.41) is 23.7. The lowest BCUT2D eigenvalue weighted by molar-refractivity contribution is -0.146. The fourth-order valence-corrected chi connectivity index (χ4v) is 3.99. The summed E-state index contributed by atoms with van der Waals surface area (Å²) in [4.78, 5) is 47.7. The molecule has 0 aliphatic heterocycles. The summed E-state index contributed by atoms with van der Waals surface area (Å²) in [6, 6.07) is 12.8. The lowest BCUT2D eigenvalue weighted by Gasteiger charge is -2.24. The van der Waals surface area contributed by atoms with Crippen molar-refractivity contribution in [1.82, 2.24) is 0 Å². The van der Waals surface area contributed by atoms with Crippen LogP contribution in [0.2, 0.25) is 0 Å². The number of hydrogen-bond donors (Lipinski definition) is 4. The number of aliphatic carboxylic acids is 1. The van der Waals surface area contributed by atoms with E-state index in [0.717, 1.165) is 4.90 Å². The Morgan fingerprint density at radius 2 is 1.38 bits per heavy atom. The summed E-state index contributed by atoms with van der Waals surface area (Å²) < 4.78 is 0. The van der Waals surface area contributed by atoms with Crippen molar-refractivity contribution >= 4 is 46.9 Å². The number of nitrogens with one attached hydrogen (secondary N) is 2. The van der Waals surface area contributed by atoms with Crippen LogP contribution < -0.4 is 10.6 Å². The average molecular weight is 455 g/mol. The van der Waals surface area contributed by atoms with Gasteiger partial charge in [0.2, 0.25) is 11.8 Å². The number of rotatable bonds is 8. The van der Waals surface area contributed by atoms with Crippen LogP contribution in [0.3, 0.4) is 0 Å². The maximum absolute atomic E-state index is 12.5. The molecule has 3 rings (SSSR count). The second-order valence-electron chi connectivity index (χ2n) is 7.23. The molecule has 0 heterocycles. The van der Waals surface area contributed by atoms with Gasteiger partial charge in [-0.25, -0.2) is 4.79 Å². The van der Waals surface area contributed by atoms with E-state index in [4.69, 9.17) is 5.11 Å². The molecule has 9 heteroatoms. The Kier molecular flexibility index (Phi) is 7.67. The van der Waals surface area contributed by atoms with E-state index in [9.17, 15) is 24.3 Å². The maximum Gasteiger partial charge on any atom is 0.335 e. The first-order valence-electron chi connectivity index (χ1n) is 9.88. The molecule has 0 bridgehead atoms. The highest BCUT2D eigenvalue weighted by Crippen LogP contribution is 2.28. The molecule has 2 aromatic carbocycles. The zero-order valence-electron chi connectivity index (χ0n) is 17.0. The molecule has 2 unspecified atom stereocenters. The number of benzene rings is 2. The van der Waals surface area contributed by atoms with Crippen molar-refractivity contribution in [2.75, 3.05) is 16.4 Å². The van der Waals surface area contributed by atoms with Crippen molar-refractivity contribution < 1.29 is 29.4 Å². The highest BCUT2D eigenvalue weighted by molar-refractivity contribution is 8.00. The number of anilines is 2. The number of hydrogen-bond acceptors (Lipinski definition) is 5. The van der Waals surface area contributed by atoms with Gasteiger partial charge in [0.05, 0.1) is 23.2 Å². The third kappa shape index (κ3) is 6.21. The van der Waals surface area contributed by atoms with Crippen molar-refractivity contribution in [2.45, 2.75) is 17.7 Å². The molecule has 2 aromatic rings. The number of carbonyl (C=O) groups is 4. The lowest BCUT2D eigenvalue weighted by Crippen LogP contribution is -2.34. The fourth-order valence-electron chi connectivity index (χ4n) is 3.29. The molecule has 0 saturated carbocycles. The van der Waals surface area contributed by atoms with Gasteiger partial charge in [0, 0.05) is 16.3 Å². The van der Waals surface area contributed by atoms with E-state index in [2.05, 4.69) is 10.6 Å². The SMILES string of the molecule is O=C(CSc1ccc(NC(=O)C2CC=CCC2C(=O)O)cc1)Nc1ccc(C(=O)O)cc1. The molecule has 0 aromatic heterocycles. The summed E-state index contributed by atoms with van der Waals surface area (Å²) >= 11 is 1.31. The normalized spacial score (nSPS) is 17.4. The number of thioether (sulfide) groups is 1. The minimum absolute atomic E-state index is 0.142. The molecule has 1 aliphatic carbocycles. The summed E-state index contributed by atoms with van der Waals surface area (Å²) in [6.45, 7) is 0. The van der Waals surface area contributed by atoms with Crippen LogP contribution >= 0.6 is 11.8 Å². The summed E-state index contributed by atoms with van der Waals surface area (Å²) in [5.74, 6) is -3.75. The Labute approximate surface area is 188 Å². The zero-order valence-corrected chi connectivity index (χ0v) is 17.8. The van der Waals surface area contributed by atoms with Gasteiger partial charge < -0.3 is 20.8 Å². The molecule has 2 amide bonds. The minimum Gasteiger partial charge on any atom is -0.481 e. The van der Waals surface area contributed by atoms with Gasteiger partial charge in [0.25, 0.3) is 0 Å². The Morgan fingerprint density at radius 1 is 0.812 bits per heavy atom. The molecule has 8 nitrogen and oxygen atoms in total. The van der Waals surface area contributed by atoms with E-state index in [0.29, 0.717) is 24.2 Å². The number of aromatic carboxylic acids is 1. The van der Waals surface area contributed by atoms with E-state index in [-0.39, 0.29) is 23.1 Å². The Bertz CT molecular complexity index is 1030. The van der Waals surface area contributed by atoms with Crippen LogP contribution in [-0.2, 0) is 14.4 Å². The van der Waals surface area contributed by atoms with E-state index in [1.54, 1.807) is 30.3 Å². The van der Waals surface area contributed by atoms with Gasteiger partial charge in [-0.05, 0) is 61.4 Å². The minimum atomic E-state index is -1.03. The molecule has 1 aliphatic rings. The fraction of sp³-hybridized carbons (Fsp3) is 0.217. The largest absolute Gasteiger partial charge is 0.481 e. The van der Waals surface area contributed by atoms with E-state index < -0.39 is 23.8 Å². The van der Waals surface area contributed by atoms with Gasteiger partial charge >= 0.3 is 11.9 Å². The first-order chi connectivity index (χ1) is 15.3. The Balaban J connectivity index is 1.49. The predicted molar refractivity (Wildman–Crippen MR) is 121 cm³/mol. The third-order valence-corrected chi connectivity index (χ3v) is 6.01. The molecule has 4 N–H and O–H groups in total. The standard InChI is InChI=1S/C23H22N2O6S/c26-20(24-15-7-5-14(6-8-15)22(28)29)13-32-17-11-9-16(10-12-17)25-21(27)18-3-1-2-4-19(18)23(30)31/h1-2,5-12,18-19H,3-4,13H2,(H,24,26)(H,25,27)(H,28,29)(H,30,31). The van der Waals surface area contributed by atoms with Gasteiger partial charge in [-0.2, -0.15) is 0 Å². The first kappa shape index (κ1) is 23.1. The van der Waals surface area contributed by atoms with Crippen LogP contribution in [0.5, 0.6) is 0 Å². The maximum atomic E-state index is 12.5. The van der Waals surface area contributed by atoms with Crippen LogP contribution in [0.1, 0.15) is 23.2 Å². The molecule has 0 saturated heterocycles. The predicted octanol–water partition coefficient (Wildman–Crippen LogP) is 3.72. The number of carboxylic acids is 2.